The number of nitro groups is 1. The van der Waals surface area contributed by atoms with Crippen LogP contribution in [0.3, 0.4) is 0 Å². The molecule has 3 N–H and O–H groups in total. The normalized spacial score (nSPS) is 14.1. The largest absolute Gasteiger partial charge is 0.356 e. The number of nitrogens with zero attached hydrogens (tertiary/aromatic N) is 2. The monoisotopic (exact) mass is 579 g/mol. The van der Waals surface area contributed by atoms with E-state index in [1.54, 1.807) is 0 Å². The molecule has 216 valence electrons. The minimum atomic E-state index is -1.71. The maximum absolute atomic E-state index is 12.3. The lowest BCUT2D eigenvalue weighted by Crippen LogP contribution is -2.42. The molecule has 0 aliphatic carbocycles. The Morgan fingerprint density at radius 1 is 0.868 bits per heavy atom. The fourth-order valence-electron chi connectivity index (χ4n) is 3.35. The maximum atomic E-state index is 12.3. The minimum Gasteiger partial charge on any atom is -0.356 e. The van der Waals surface area contributed by atoms with Crippen LogP contribution in [0.15, 0.2) is 0 Å². The van der Waals surface area contributed by atoms with E-state index >= 15 is 0 Å². The zero-order chi connectivity index (χ0) is 29.1. The van der Waals surface area contributed by atoms with Gasteiger partial charge in [-0.05, 0) is 0 Å². The van der Waals surface area contributed by atoms with Gasteiger partial charge in [0, 0.05) is 75.1 Å². The number of imide groups is 1. The summed E-state index contributed by atoms with van der Waals surface area (Å²) in [6, 6.07) is 0. The Morgan fingerprint density at radius 3 is 1.74 bits per heavy atom. The Labute approximate surface area is 232 Å². The molecule has 38 heavy (non-hydrogen) atoms. The first-order chi connectivity index (χ1) is 18.0. The highest BCUT2D eigenvalue weighted by molar-refractivity contribution is 7.80. The predicted octanol–water partition coefficient (Wildman–Crippen LogP) is 0.532. The summed E-state index contributed by atoms with van der Waals surface area (Å²) < 4.78 is 0. The van der Waals surface area contributed by atoms with Gasteiger partial charge in [0.1, 0.15) is 0 Å². The third-order valence-electron chi connectivity index (χ3n) is 5.40. The molecule has 0 aromatic rings. The molecular formula is C22H37N5O9S2. The average Bonchev–Trinajstić information content (AvgIpc) is 3.20. The Kier molecular flexibility index (Phi) is 17.8. The number of hydrogen-bond acceptors (Lipinski definition) is 11. The molecule has 1 unspecified atom stereocenters. The summed E-state index contributed by atoms with van der Waals surface area (Å²) in [6.07, 6.45) is -1.74. The van der Waals surface area contributed by atoms with E-state index in [2.05, 4.69) is 46.0 Å². The SMILES string of the molecule is CC.O=C(CCC(CCC(=O)NCCS)(CCC(=O)NCCC(=O)ON1C(=O)CCC1=O)[N+](=O)[O-])NCS. The number of amides is 5. The standard InChI is InChI=1S/C20H31N5O9S2.C2H6/c26-14(21-10-6-19(31)34-24-17(29)1-2-18(24)30)3-7-20(25(32)33,9-5-16(28)23-13-36)8-4-15(27)22-11-12-35;1-2/h35-36H,1-13H2,(H,21,26)(H,22,27)(H,23,28);1-2H3. The predicted molar refractivity (Wildman–Crippen MR) is 142 cm³/mol. The summed E-state index contributed by atoms with van der Waals surface area (Å²) in [4.78, 5) is 87.0. The molecule has 0 aromatic carbocycles. The molecule has 5 amide bonds. The zero-order valence-corrected chi connectivity index (χ0v) is 23.4. The lowest BCUT2D eigenvalue weighted by Gasteiger charge is -2.25. The van der Waals surface area contributed by atoms with Crippen LogP contribution in [0.4, 0.5) is 0 Å². The minimum absolute atomic E-state index is 0.0474. The van der Waals surface area contributed by atoms with Crippen LogP contribution in [0, 0.1) is 10.1 Å². The van der Waals surface area contributed by atoms with Gasteiger partial charge in [-0.15, -0.1) is 5.06 Å². The third kappa shape index (κ3) is 13.1. The highest BCUT2D eigenvalue weighted by Gasteiger charge is 2.43. The molecule has 0 spiro atoms. The second-order valence-corrected chi connectivity index (χ2v) is 8.72. The van der Waals surface area contributed by atoms with Crippen molar-refractivity contribution in [2.24, 2.45) is 0 Å². The van der Waals surface area contributed by atoms with E-state index in [9.17, 15) is 38.9 Å². The first-order valence-corrected chi connectivity index (χ1v) is 13.5. The molecule has 16 heteroatoms. The van der Waals surface area contributed by atoms with Gasteiger partial charge < -0.3 is 20.8 Å². The molecule has 1 fully saturated rings. The first-order valence-electron chi connectivity index (χ1n) is 12.3. The number of hydroxylamine groups is 2. The topological polar surface area (TPSA) is 194 Å². The van der Waals surface area contributed by atoms with Crippen molar-refractivity contribution in [1.82, 2.24) is 21.0 Å². The highest BCUT2D eigenvalue weighted by Crippen LogP contribution is 2.29. The first kappa shape index (κ1) is 35.1. The molecule has 1 aliphatic heterocycles. The summed E-state index contributed by atoms with van der Waals surface area (Å²) >= 11 is 7.86. The molecule has 1 saturated heterocycles. The van der Waals surface area contributed by atoms with E-state index in [1.165, 1.54) is 0 Å². The van der Waals surface area contributed by atoms with Gasteiger partial charge in [0.05, 0.1) is 12.3 Å². The second-order valence-electron chi connectivity index (χ2n) is 7.96. The van der Waals surface area contributed by atoms with Crippen LogP contribution in [0.1, 0.15) is 71.6 Å². The van der Waals surface area contributed by atoms with Crippen LogP contribution in [0.2, 0.25) is 0 Å². The lowest BCUT2D eigenvalue weighted by atomic mass is 9.84. The van der Waals surface area contributed by atoms with Gasteiger partial charge in [-0.2, -0.15) is 25.3 Å². The van der Waals surface area contributed by atoms with E-state index in [0.717, 1.165) is 0 Å². The Hall–Kier alpha value is -2.88. The smallest absolute Gasteiger partial charge is 0.334 e. The van der Waals surface area contributed by atoms with Crippen molar-refractivity contribution in [3.05, 3.63) is 10.1 Å². The van der Waals surface area contributed by atoms with E-state index in [1.807, 2.05) is 13.8 Å². The van der Waals surface area contributed by atoms with Gasteiger partial charge in [-0.1, -0.05) is 13.8 Å². The number of carbonyl (C=O) groups excluding carboxylic acids is 6. The number of rotatable bonds is 17. The van der Waals surface area contributed by atoms with Crippen LogP contribution in [0.25, 0.3) is 0 Å². The summed E-state index contributed by atoms with van der Waals surface area (Å²) in [5.41, 5.74) is -1.71. The molecule has 0 saturated carbocycles. The number of carbonyl (C=O) groups is 6. The maximum Gasteiger partial charge on any atom is 0.334 e. The van der Waals surface area contributed by atoms with Crippen LogP contribution >= 0.6 is 25.3 Å². The van der Waals surface area contributed by atoms with E-state index in [0.29, 0.717) is 17.4 Å². The quantitative estimate of drug-likeness (QED) is 0.0537. The third-order valence-corrected chi connectivity index (χ3v) is 5.78. The van der Waals surface area contributed by atoms with Crippen LogP contribution in [0.5, 0.6) is 0 Å². The van der Waals surface area contributed by atoms with Gasteiger partial charge in [0.25, 0.3) is 11.8 Å². The van der Waals surface area contributed by atoms with Gasteiger partial charge in [-0.3, -0.25) is 34.1 Å². The van der Waals surface area contributed by atoms with Gasteiger partial charge in [-0.25, -0.2) is 4.79 Å². The number of hydrogen-bond donors (Lipinski definition) is 5. The highest BCUT2D eigenvalue weighted by atomic mass is 32.1. The van der Waals surface area contributed by atoms with E-state index in [4.69, 9.17) is 0 Å². The molecule has 1 aliphatic rings. The van der Waals surface area contributed by atoms with E-state index < -0.39 is 46.0 Å². The molecule has 0 radical (unpaired) electrons. The van der Waals surface area contributed by atoms with Crippen molar-refractivity contribution < 1.29 is 38.5 Å². The molecule has 1 rings (SSSR count). The number of nitrogens with one attached hydrogen (secondary N) is 3. The second kappa shape index (κ2) is 19.2. The molecule has 0 bridgehead atoms. The molecular weight excluding hydrogens is 542 g/mol. The van der Waals surface area contributed by atoms with Gasteiger partial charge >= 0.3 is 5.97 Å². The van der Waals surface area contributed by atoms with Gasteiger partial charge in [0.2, 0.25) is 23.3 Å². The van der Waals surface area contributed by atoms with Crippen LogP contribution in [-0.4, -0.2) is 75.7 Å². The summed E-state index contributed by atoms with van der Waals surface area (Å²) in [6.45, 7) is 4.11. The van der Waals surface area contributed by atoms with Crippen molar-refractivity contribution in [2.75, 3.05) is 24.7 Å². The number of thiol groups is 2. The fourth-order valence-corrected chi connectivity index (χ4v) is 3.63. The van der Waals surface area contributed by atoms with E-state index in [-0.39, 0.29) is 70.2 Å². The summed E-state index contributed by atoms with van der Waals surface area (Å²) in [5.74, 6) is -3.16. The van der Waals surface area contributed by atoms with Crippen molar-refractivity contribution in [3.63, 3.8) is 0 Å². The molecule has 1 heterocycles. The zero-order valence-electron chi connectivity index (χ0n) is 21.7. The van der Waals surface area contributed by atoms with Crippen molar-refractivity contribution in [2.45, 2.75) is 77.2 Å². The summed E-state index contributed by atoms with van der Waals surface area (Å²) in [5, 5.41) is 19.8. The Balaban J connectivity index is 0.00000667. The molecule has 1 atom stereocenters. The Bertz CT molecular complexity index is 843. The summed E-state index contributed by atoms with van der Waals surface area (Å²) in [7, 11) is 0. The van der Waals surface area contributed by atoms with Gasteiger partial charge in [0.15, 0.2) is 0 Å². The fraction of sp³-hybridized carbons (Fsp3) is 0.727. The van der Waals surface area contributed by atoms with Crippen molar-refractivity contribution >= 4 is 60.8 Å². The molecule has 14 nitrogen and oxygen atoms in total. The Morgan fingerprint density at radius 2 is 1.32 bits per heavy atom. The molecule has 0 aromatic heterocycles. The van der Waals surface area contributed by atoms with Crippen molar-refractivity contribution in [1.29, 1.82) is 0 Å². The van der Waals surface area contributed by atoms with Crippen LogP contribution < -0.4 is 16.0 Å². The average molecular weight is 580 g/mol. The van der Waals surface area contributed by atoms with Crippen LogP contribution in [-0.2, 0) is 33.6 Å². The lowest BCUT2D eigenvalue weighted by molar-refractivity contribution is -0.573. The van der Waals surface area contributed by atoms with Crippen molar-refractivity contribution in [3.8, 4) is 0 Å².